The third-order valence-electron chi connectivity index (χ3n) is 7.48. The smallest absolute Gasteiger partial charge is 0.226 e. The number of hydrogen-bond donors (Lipinski definition) is 0. The fraction of sp³-hybridized carbons (Fsp3) is 0.364. The van der Waals surface area contributed by atoms with Crippen LogP contribution >= 0.6 is 0 Å². The monoisotopic (exact) mass is 494 g/mol. The minimum absolute atomic E-state index is 0.500. The average molecular weight is 495 g/mol. The first-order valence-electron chi connectivity index (χ1n) is 13.6. The molecule has 4 heteroatoms. The molecular weight excluding hydrogens is 456 g/mol. The van der Waals surface area contributed by atoms with Gasteiger partial charge in [-0.1, -0.05) is 84.8 Å². The first-order valence-corrected chi connectivity index (χ1v) is 13.6. The maximum atomic E-state index is 6.24. The normalized spacial score (nSPS) is 17.8. The van der Waals surface area contributed by atoms with E-state index in [1.807, 2.05) is 19.1 Å². The van der Waals surface area contributed by atoms with Crippen LogP contribution in [0.1, 0.15) is 53.8 Å². The van der Waals surface area contributed by atoms with Crippen LogP contribution in [0.15, 0.2) is 89.3 Å². The number of hydrogen-bond acceptors (Lipinski definition) is 4. The van der Waals surface area contributed by atoms with Gasteiger partial charge in [-0.2, -0.15) is 0 Å². The summed E-state index contributed by atoms with van der Waals surface area (Å²) in [6.45, 7) is 7.29. The van der Waals surface area contributed by atoms with Gasteiger partial charge in [0.2, 0.25) is 5.89 Å². The highest BCUT2D eigenvalue weighted by Gasteiger charge is 2.27. The first kappa shape index (κ1) is 25.4. The quantitative estimate of drug-likeness (QED) is 0.226. The highest BCUT2D eigenvalue weighted by atomic mass is 16.5. The number of benzene rings is 3. The van der Waals surface area contributed by atoms with E-state index < -0.39 is 0 Å². The maximum absolute atomic E-state index is 6.24. The summed E-state index contributed by atoms with van der Waals surface area (Å²) < 4.78 is 12.2. The molecule has 4 nitrogen and oxygen atoms in total. The average Bonchev–Trinajstić information content (AvgIpc) is 3.30. The molecule has 1 aliphatic rings. The summed E-state index contributed by atoms with van der Waals surface area (Å²) in [5, 5.41) is 0. The number of aromatic nitrogens is 1. The van der Waals surface area contributed by atoms with Crippen LogP contribution in [0.4, 0.5) is 0 Å². The highest BCUT2D eigenvalue weighted by molar-refractivity contribution is 5.54. The van der Waals surface area contributed by atoms with Gasteiger partial charge in [0.1, 0.15) is 11.5 Å². The minimum atomic E-state index is 0.500. The Labute approximate surface area is 221 Å². The highest BCUT2D eigenvalue weighted by Crippen LogP contribution is 2.31. The first-order chi connectivity index (χ1) is 18.1. The SMILES string of the molecule is Cc1cccc(-c2nc(COCC3CCCC(N(Cc4ccccc4)Cc4ccccc4)C3)c(C)o2)c1. The van der Waals surface area contributed by atoms with Crippen LogP contribution in [0.2, 0.25) is 0 Å². The van der Waals surface area contributed by atoms with Crippen molar-refractivity contribution < 1.29 is 9.15 Å². The molecule has 0 N–H and O–H groups in total. The van der Waals surface area contributed by atoms with E-state index in [0.717, 1.165) is 36.7 Å². The number of oxazole rings is 1. The van der Waals surface area contributed by atoms with Crippen molar-refractivity contribution in [3.05, 3.63) is 113 Å². The zero-order chi connectivity index (χ0) is 25.5. The van der Waals surface area contributed by atoms with Gasteiger partial charge in [-0.05, 0) is 62.3 Å². The van der Waals surface area contributed by atoms with Gasteiger partial charge in [0, 0.05) is 31.3 Å². The van der Waals surface area contributed by atoms with Crippen molar-refractivity contribution in [1.29, 1.82) is 0 Å². The molecular formula is C33H38N2O2. The second kappa shape index (κ2) is 12.4. The summed E-state index contributed by atoms with van der Waals surface area (Å²) in [4.78, 5) is 7.41. The lowest BCUT2D eigenvalue weighted by molar-refractivity contribution is 0.0425. The third kappa shape index (κ3) is 6.97. The molecule has 5 rings (SSSR count). The molecule has 0 radical (unpaired) electrons. The van der Waals surface area contributed by atoms with Crippen molar-refractivity contribution in [3.63, 3.8) is 0 Å². The van der Waals surface area contributed by atoms with E-state index in [0.29, 0.717) is 24.5 Å². The molecule has 1 heterocycles. The van der Waals surface area contributed by atoms with E-state index >= 15 is 0 Å². The van der Waals surface area contributed by atoms with Crippen LogP contribution in [-0.2, 0) is 24.4 Å². The van der Waals surface area contributed by atoms with Crippen LogP contribution in [0.3, 0.4) is 0 Å². The predicted molar refractivity (Wildman–Crippen MR) is 149 cm³/mol. The van der Waals surface area contributed by atoms with Crippen molar-refractivity contribution in [2.24, 2.45) is 5.92 Å². The number of nitrogens with zero attached hydrogens (tertiary/aromatic N) is 2. The molecule has 3 aromatic carbocycles. The van der Waals surface area contributed by atoms with Crippen LogP contribution in [0.5, 0.6) is 0 Å². The number of rotatable bonds is 10. The standard InChI is InChI=1S/C33H38N2O2/c1-25-11-9-17-30(19-25)33-34-32(26(2)37-33)24-36-23-29-16-10-18-31(20-29)35(21-27-12-5-3-6-13-27)22-28-14-7-4-8-15-28/h3-9,11-15,17,19,29,31H,10,16,18,20-24H2,1-2H3. The molecule has 2 unspecified atom stereocenters. The Balaban J connectivity index is 1.19. The van der Waals surface area contributed by atoms with Gasteiger partial charge in [0.15, 0.2) is 0 Å². The Bertz CT molecular complexity index is 1210. The van der Waals surface area contributed by atoms with E-state index in [4.69, 9.17) is 14.1 Å². The number of ether oxygens (including phenoxy) is 1. The van der Waals surface area contributed by atoms with Crippen molar-refractivity contribution >= 4 is 0 Å². The van der Waals surface area contributed by atoms with E-state index in [9.17, 15) is 0 Å². The molecule has 4 aromatic rings. The van der Waals surface area contributed by atoms with Crippen LogP contribution in [0.25, 0.3) is 11.5 Å². The van der Waals surface area contributed by atoms with Gasteiger partial charge < -0.3 is 9.15 Å². The van der Waals surface area contributed by atoms with Gasteiger partial charge >= 0.3 is 0 Å². The zero-order valence-corrected chi connectivity index (χ0v) is 22.1. The predicted octanol–water partition coefficient (Wildman–Crippen LogP) is 7.74. The van der Waals surface area contributed by atoms with Crippen LogP contribution < -0.4 is 0 Å². The van der Waals surface area contributed by atoms with E-state index in [-0.39, 0.29) is 0 Å². The summed E-state index contributed by atoms with van der Waals surface area (Å²) in [5.41, 5.74) is 5.87. The summed E-state index contributed by atoms with van der Waals surface area (Å²) in [6, 6.07) is 30.6. The van der Waals surface area contributed by atoms with Crippen LogP contribution in [-0.4, -0.2) is 22.5 Å². The van der Waals surface area contributed by atoms with Crippen LogP contribution in [0, 0.1) is 19.8 Å². The fourth-order valence-corrected chi connectivity index (χ4v) is 5.48. The molecule has 1 saturated carbocycles. The third-order valence-corrected chi connectivity index (χ3v) is 7.48. The molecule has 192 valence electrons. The van der Waals surface area contributed by atoms with Crippen molar-refractivity contribution in [3.8, 4) is 11.5 Å². The number of aryl methyl sites for hydroxylation is 2. The van der Waals surface area contributed by atoms with Crippen molar-refractivity contribution in [2.75, 3.05) is 6.61 Å². The molecule has 0 bridgehead atoms. The lowest BCUT2D eigenvalue weighted by Gasteiger charge is -2.37. The largest absolute Gasteiger partial charge is 0.441 e. The second-order valence-electron chi connectivity index (χ2n) is 10.5. The Kier molecular flexibility index (Phi) is 8.49. The Morgan fingerprint density at radius 1 is 0.865 bits per heavy atom. The fourth-order valence-electron chi connectivity index (χ4n) is 5.48. The Morgan fingerprint density at radius 2 is 1.57 bits per heavy atom. The molecule has 1 fully saturated rings. The molecule has 37 heavy (non-hydrogen) atoms. The Hall–Kier alpha value is -3.21. The minimum Gasteiger partial charge on any atom is -0.441 e. The van der Waals surface area contributed by atoms with Crippen molar-refractivity contribution in [2.45, 2.75) is 65.3 Å². The maximum Gasteiger partial charge on any atom is 0.226 e. The lowest BCUT2D eigenvalue weighted by Crippen LogP contribution is -2.39. The summed E-state index contributed by atoms with van der Waals surface area (Å²) in [6.07, 6.45) is 4.90. The van der Waals surface area contributed by atoms with Crippen molar-refractivity contribution in [1.82, 2.24) is 9.88 Å². The molecule has 0 saturated heterocycles. The molecule has 0 spiro atoms. The molecule has 0 amide bonds. The summed E-state index contributed by atoms with van der Waals surface area (Å²) >= 11 is 0. The van der Waals surface area contributed by atoms with E-state index in [1.54, 1.807) is 0 Å². The van der Waals surface area contributed by atoms with Gasteiger partial charge in [-0.3, -0.25) is 4.90 Å². The van der Waals surface area contributed by atoms with Gasteiger partial charge in [-0.25, -0.2) is 4.98 Å². The zero-order valence-electron chi connectivity index (χ0n) is 22.1. The van der Waals surface area contributed by atoms with E-state index in [1.165, 1.54) is 42.4 Å². The molecule has 1 aliphatic carbocycles. The second-order valence-corrected chi connectivity index (χ2v) is 10.5. The van der Waals surface area contributed by atoms with E-state index in [2.05, 4.69) is 84.6 Å². The molecule has 0 aliphatic heterocycles. The summed E-state index contributed by atoms with van der Waals surface area (Å²) in [5.74, 6) is 2.08. The molecule has 2 atom stereocenters. The summed E-state index contributed by atoms with van der Waals surface area (Å²) in [7, 11) is 0. The van der Waals surface area contributed by atoms with Gasteiger partial charge in [0.05, 0.1) is 6.61 Å². The molecule has 1 aromatic heterocycles. The Morgan fingerprint density at radius 3 is 2.24 bits per heavy atom. The topological polar surface area (TPSA) is 38.5 Å². The lowest BCUT2D eigenvalue weighted by atomic mass is 9.85. The van der Waals surface area contributed by atoms with Gasteiger partial charge in [0.25, 0.3) is 0 Å². The van der Waals surface area contributed by atoms with Gasteiger partial charge in [-0.15, -0.1) is 0 Å².